The summed E-state index contributed by atoms with van der Waals surface area (Å²) in [7, 11) is 0. The number of oxazole rings is 1. The number of aromatic nitrogens is 2. The van der Waals surface area contributed by atoms with E-state index in [2.05, 4.69) is 20.6 Å². The maximum Gasteiger partial charge on any atom is 0.416 e. The van der Waals surface area contributed by atoms with Crippen molar-refractivity contribution >= 4 is 17.5 Å². The summed E-state index contributed by atoms with van der Waals surface area (Å²) in [4.78, 5) is 19.7. The fourth-order valence-corrected chi connectivity index (χ4v) is 2.02. The van der Waals surface area contributed by atoms with Crippen LogP contribution in [0.5, 0.6) is 0 Å². The average molecular weight is 348 g/mol. The molecule has 0 radical (unpaired) electrons. The molecule has 0 aliphatic carbocycles. The van der Waals surface area contributed by atoms with E-state index in [4.69, 9.17) is 4.42 Å². The van der Waals surface area contributed by atoms with Gasteiger partial charge in [-0.2, -0.15) is 13.2 Å². The first-order valence-electron chi connectivity index (χ1n) is 7.02. The Hall–Kier alpha value is -3.36. The van der Waals surface area contributed by atoms with Crippen LogP contribution in [0.15, 0.2) is 59.6 Å². The number of pyridine rings is 1. The number of hydrogen-bond acceptors (Lipinski definition) is 4. The summed E-state index contributed by atoms with van der Waals surface area (Å²) in [6.45, 7) is 0. The minimum Gasteiger partial charge on any atom is -0.443 e. The van der Waals surface area contributed by atoms with E-state index >= 15 is 0 Å². The molecule has 6 nitrogen and oxygen atoms in total. The van der Waals surface area contributed by atoms with Crippen molar-refractivity contribution in [2.45, 2.75) is 6.18 Å². The van der Waals surface area contributed by atoms with E-state index in [1.54, 1.807) is 6.07 Å². The molecule has 0 atom stereocenters. The smallest absolute Gasteiger partial charge is 0.416 e. The Morgan fingerprint density at radius 2 is 1.92 bits per heavy atom. The van der Waals surface area contributed by atoms with Crippen LogP contribution in [0.25, 0.3) is 11.3 Å². The minimum absolute atomic E-state index is 0.0191. The monoisotopic (exact) mass is 348 g/mol. The van der Waals surface area contributed by atoms with E-state index in [1.807, 2.05) is 0 Å². The highest BCUT2D eigenvalue weighted by molar-refractivity contribution is 5.99. The number of hydrogen-bond donors (Lipinski definition) is 2. The van der Waals surface area contributed by atoms with Crippen LogP contribution < -0.4 is 10.6 Å². The molecule has 128 valence electrons. The Morgan fingerprint density at radius 1 is 1.08 bits per heavy atom. The van der Waals surface area contributed by atoms with Crippen molar-refractivity contribution in [2.24, 2.45) is 0 Å². The molecule has 0 fully saturated rings. The molecular weight excluding hydrogens is 337 g/mol. The zero-order valence-electron chi connectivity index (χ0n) is 12.5. The van der Waals surface area contributed by atoms with Gasteiger partial charge >= 0.3 is 12.2 Å². The predicted octanol–water partition coefficient (Wildman–Crippen LogP) is 4.40. The molecule has 3 aromatic rings. The quantitative estimate of drug-likeness (QED) is 0.735. The number of carbonyl (C=O) groups is 1. The molecule has 0 bridgehead atoms. The van der Waals surface area contributed by atoms with Gasteiger partial charge in [-0.05, 0) is 30.3 Å². The summed E-state index contributed by atoms with van der Waals surface area (Å²) >= 11 is 0. The lowest BCUT2D eigenvalue weighted by Crippen LogP contribution is -2.20. The van der Waals surface area contributed by atoms with Crippen molar-refractivity contribution < 1.29 is 22.4 Å². The van der Waals surface area contributed by atoms with E-state index in [-0.39, 0.29) is 11.5 Å². The van der Waals surface area contributed by atoms with Crippen molar-refractivity contribution in [1.82, 2.24) is 9.97 Å². The molecule has 0 unspecified atom stereocenters. The van der Waals surface area contributed by atoms with Crippen molar-refractivity contribution in [3.63, 3.8) is 0 Å². The summed E-state index contributed by atoms with van der Waals surface area (Å²) < 4.78 is 43.1. The number of halogens is 3. The molecule has 2 N–H and O–H groups in total. The van der Waals surface area contributed by atoms with Crippen LogP contribution in [0, 0.1) is 0 Å². The lowest BCUT2D eigenvalue weighted by Gasteiger charge is -2.10. The number of carbonyl (C=O) groups excluding carboxylic acids is 1. The largest absolute Gasteiger partial charge is 0.443 e. The lowest BCUT2D eigenvalue weighted by molar-refractivity contribution is -0.137. The number of nitrogens with zero attached hydrogens (tertiary/aromatic N) is 2. The lowest BCUT2D eigenvalue weighted by atomic mass is 10.2. The summed E-state index contributed by atoms with van der Waals surface area (Å²) in [5.41, 5.74) is -0.160. The first-order valence-corrected chi connectivity index (χ1v) is 7.02. The molecule has 2 aromatic heterocycles. The number of anilines is 2. The van der Waals surface area contributed by atoms with Gasteiger partial charge in [0.2, 0.25) is 0 Å². The van der Waals surface area contributed by atoms with Gasteiger partial charge in [-0.25, -0.2) is 14.8 Å². The van der Waals surface area contributed by atoms with E-state index in [1.165, 1.54) is 37.0 Å². The highest BCUT2D eigenvalue weighted by Crippen LogP contribution is 2.30. The molecule has 0 saturated carbocycles. The Balaban J connectivity index is 1.65. The fraction of sp³-hybridized carbons (Fsp3) is 0.0625. The van der Waals surface area contributed by atoms with Gasteiger partial charge in [-0.1, -0.05) is 6.07 Å². The van der Waals surface area contributed by atoms with Crippen molar-refractivity contribution in [3.05, 3.63) is 60.7 Å². The molecule has 2 amide bonds. The number of benzene rings is 1. The van der Waals surface area contributed by atoms with Gasteiger partial charge < -0.3 is 9.73 Å². The second-order valence-corrected chi connectivity index (χ2v) is 4.96. The first kappa shape index (κ1) is 16.5. The van der Waals surface area contributed by atoms with Gasteiger partial charge in [-0.3, -0.25) is 5.32 Å². The zero-order valence-corrected chi connectivity index (χ0v) is 12.5. The number of alkyl halides is 3. The normalized spacial score (nSPS) is 11.2. The van der Waals surface area contributed by atoms with Crippen LogP contribution in [0.2, 0.25) is 0 Å². The molecule has 1 aromatic carbocycles. The molecule has 0 aliphatic rings. The molecule has 9 heteroatoms. The maximum absolute atomic E-state index is 12.7. The molecule has 0 aliphatic heterocycles. The number of urea groups is 1. The van der Waals surface area contributed by atoms with Gasteiger partial charge in [0.1, 0.15) is 5.82 Å². The van der Waals surface area contributed by atoms with Crippen LogP contribution in [0.4, 0.5) is 29.5 Å². The van der Waals surface area contributed by atoms with Crippen LogP contribution in [-0.2, 0) is 6.18 Å². The Labute approximate surface area is 139 Å². The van der Waals surface area contributed by atoms with E-state index in [9.17, 15) is 18.0 Å². The number of nitrogens with one attached hydrogen (secondary N) is 2. The maximum atomic E-state index is 12.7. The van der Waals surface area contributed by atoms with Crippen LogP contribution >= 0.6 is 0 Å². The van der Waals surface area contributed by atoms with Crippen LogP contribution in [0.1, 0.15) is 5.56 Å². The Morgan fingerprint density at radius 3 is 2.56 bits per heavy atom. The predicted molar refractivity (Wildman–Crippen MR) is 83.8 cm³/mol. The first-order chi connectivity index (χ1) is 11.9. The van der Waals surface area contributed by atoms with Gasteiger partial charge in [0.05, 0.1) is 11.8 Å². The molecular formula is C16H11F3N4O2. The van der Waals surface area contributed by atoms with E-state index in [0.717, 1.165) is 12.1 Å². The van der Waals surface area contributed by atoms with Gasteiger partial charge in [-0.15, -0.1) is 0 Å². The van der Waals surface area contributed by atoms with Crippen LogP contribution in [0.3, 0.4) is 0 Å². The average Bonchev–Trinajstić information content (AvgIpc) is 3.09. The zero-order chi connectivity index (χ0) is 17.9. The van der Waals surface area contributed by atoms with Crippen molar-refractivity contribution in [3.8, 4) is 11.3 Å². The Kier molecular flexibility index (Phi) is 4.38. The van der Waals surface area contributed by atoms with Gasteiger partial charge in [0, 0.05) is 17.4 Å². The summed E-state index contributed by atoms with van der Waals surface area (Å²) in [6, 6.07) is 6.82. The van der Waals surface area contributed by atoms with E-state index in [0.29, 0.717) is 11.3 Å². The summed E-state index contributed by atoms with van der Waals surface area (Å²) in [5.74, 6) is 0.750. The van der Waals surface area contributed by atoms with Crippen LogP contribution in [-0.4, -0.2) is 16.0 Å². The minimum atomic E-state index is -4.48. The molecule has 0 saturated heterocycles. The van der Waals surface area contributed by atoms with Gasteiger partial charge in [0.15, 0.2) is 12.2 Å². The highest BCUT2D eigenvalue weighted by Gasteiger charge is 2.30. The van der Waals surface area contributed by atoms with E-state index < -0.39 is 17.8 Å². The molecule has 25 heavy (non-hydrogen) atoms. The fourth-order valence-electron chi connectivity index (χ4n) is 2.02. The van der Waals surface area contributed by atoms with Crippen molar-refractivity contribution in [2.75, 3.05) is 10.6 Å². The third-order valence-corrected chi connectivity index (χ3v) is 3.17. The SMILES string of the molecule is O=C(Nc1cccc(C(F)(F)F)c1)Nc1ccc(-c2cnco2)cn1. The molecule has 3 rings (SSSR count). The topological polar surface area (TPSA) is 80.0 Å². The molecule has 2 heterocycles. The molecule has 0 spiro atoms. The third kappa shape index (κ3) is 4.14. The number of amides is 2. The highest BCUT2D eigenvalue weighted by atomic mass is 19.4. The summed E-state index contributed by atoms with van der Waals surface area (Å²) in [6.07, 6.45) is -0.207. The van der Waals surface area contributed by atoms with Crippen molar-refractivity contribution in [1.29, 1.82) is 0 Å². The standard InChI is InChI=1S/C16H11F3N4O2/c17-16(18,19)11-2-1-3-12(6-11)22-15(24)23-14-5-4-10(7-21-14)13-8-20-9-25-13/h1-9H,(H2,21,22,23,24). The second-order valence-electron chi connectivity index (χ2n) is 4.96. The number of rotatable bonds is 3. The Bertz CT molecular complexity index is 862. The summed E-state index contributed by atoms with van der Waals surface area (Å²) in [5, 5.41) is 4.76. The van der Waals surface area contributed by atoms with Gasteiger partial charge in [0.25, 0.3) is 0 Å². The second kappa shape index (κ2) is 6.63. The third-order valence-electron chi connectivity index (χ3n) is 3.17.